The first-order valence-corrected chi connectivity index (χ1v) is 9.12. The molecule has 0 saturated carbocycles. The Morgan fingerprint density at radius 3 is 2.57 bits per heavy atom. The lowest BCUT2D eigenvalue weighted by Gasteiger charge is -2.15. The average Bonchev–Trinajstić information content (AvgIpc) is 3.37. The number of carbonyl (C=O) groups excluding carboxylic acids is 2. The molecule has 0 spiro atoms. The van der Waals surface area contributed by atoms with Crippen LogP contribution in [0.25, 0.3) is 11.5 Å². The van der Waals surface area contributed by atoms with Crippen molar-refractivity contribution in [3.8, 4) is 11.5 Å². The highest BCUT2D eigenvalue weighted by molar-refractivity contribution is 5.95. The van der Waals surface area contributed by atoms with Gasteiger partial charge >= 0.3 is 5.97 Å². The van der Waals surface area contributed by atoms with Crippen molar-refractivity contribution in [3.63, 3.8) is 0 Å². The lowest BCUT2D eigenvalue weighted by atomic mass is 10.1. The highest BCUT2D eigenvalue weighted by atomic mass is 16.5. The van der Waals surface area contributed by atoms with Gasteiger partial charge in [0.1, 0.15) is 0 Å². The van der Waals surface area contributed by atoms with Crippen molar-refractivity contribution in [2.24, 2.45) is 0 Å². The minimum absolute atomic E-state index is 0.0704. The smallest absolute Gasteiger partial charge is 0.310 e. The van der Waals surface area contributed by atoms with Gasteiger partial charge in [-0.25, -0.2) is 0 Å². The van der Waals surface area contributed by atoms with E-state index in [0.29, 0.717) is 12.3 Å². The summed E-state index contributed by atoms with van der Waals surface area (Å²) in [6, 6.07) is 16.8. The third-order valence-corrected chi connectivity index (χ3v) is 4.51. The summed E-state index contributed by atoms with van der Waals surface area (Å²) in [4.78, 5) is 25.6. The zero-order valence-electron chi connectivity index (χ0n) is 15.2. The van der Waals surface area contributed by atoms with Crippen molar-refractivity contribution in [2.45, 2.75) is 25.9 Å². The molecule has 1 aromatic heterocycles. The summed E-state index contributed by atoms with van der Waals surface area (Å²) in [6.07, 6.45) is 1.61. The molecule has 0 radical (unpaired) electrons. The second-order valence-corrected chi connectivity index (χ2v) is 6.52. The summed E-state index contributed by atoms with van der Waals surface area (Å²) < 4.78 is 10.7. The molecule has 1 amide bonds. The van der Waals surface area contributed by atoms with Gasteiger partial charge < -0.3 is 14.1 Å². The molecule has 2 heterocycles. The Kier molecular flexibility index (Phi) is 5.14. The highest BCUT2D eigenvalue weighted by Crippen LogP contribution is 2.22. The van der Waals surface area contributed by atoms with Crippen LogP contribution in [0, 0.1) is 0 Å². The summed E-state index contributed by atoms with van der Waals surface area (Å²) in [5.74, 6) is 0.389. The molecule has 28 heavy (non-hydrogen) atoms. The Labute approximate surface area is 161 Å². The number of amides is 1. The topological polar surface area (TPSA) is 85.5 Å². The molecular formula is C21H19N3O4. The number of nitrogens with zero attached hydrogens (tertiary/aromatic N) is 3. The van der Waals surface area contributed by atoms with E-state index in [0.717, 1.165) is 29.8 Å². The van der Waals surface area contributed by atoms with Gasteiger partial charge in [-0.1, -0.05) is 30.3 Å². The van der Waals surface area contributed by atoms with Gasteiger partial charge in [0.2, 0.25) is 11.8 Å². The maximum absolute atomic E-state index is 12.1. The van der Waals surface area contributed by atoms with E-state index in [9.17, 15) is 9.59 Å². The molecule has 1 saturated heterocycles. The van der Waals surface area contributed by atoms with E-state index >= 15 is 0 Å². The number of esters is 1. The van der Waals surface area contributed by atoms with Crippen molar-refractivity contribution < 1.29 is 18.7 Å². The number of hydrogen-bond donors (Lipinski definition) is 0. The first kappa shape index (κ1) is 17.9. The van der Waals surface area contributed by atoms with Gasteiger partial charge in [-0.3, -0.25) is 9.59 Å². The van der Waals surface area contributed by atoms with E-state index in [1.165, 1.54) is 0 Å². The van der Waals surface area contributed by atoms with E-state index in [4.69, 9.17) is 9.15 Å². The van der Waals surface area contributed by atoms with Crippen LogP contribution in [0.4, 0.5) is 5.69 Å². The van der Waals surface area contributed by atoms with Crippen molar-refractivity contribution in [1.82, 2.24) is 10.2 Å². The molecule has 7 nitrogen and oxygen atoms in total. The molecule has 1 fully saturated rings. The minimum Gasteiger partial charge on any atom is -0.455 e. The van der Waals surface area contributed by atoms with E-state index in [1.54, 1.807) is 4.90 Å². The van der Waals surface area contributed by atoms with E-state index in [2.05, 4.69) is 10.2 Å². The molecule has 4 rings (SSSR count). The Bertz CT molecular complexity index is 967. The van der Waals surface area contributed by atoms with E-state index in [-0.39, 0.29) is 30.8 Å². The zero-order valence-corrected chi connectivity index (χ0v) is 15.2. The SMILES string of the molecule is O=C(Cc1ccc(N2CCCC2=O)cc1)OCc1nnc(-c2ccccc2)o1. The summed E-state index contributed by atoms with van der Waals surface area (Å²) in [6.45, 7) is 0.675. The standard InChI is InChI=1S/C21H19N3O4/c25-19-7-4-12-24(19)17-10-8-15(9-11-17)13-20(26)27-14-18-22-23-21(28-18)16-5-2-1-3-6-16/h1-3,5-6,8-11H,4,7,12-14H2. The van der Waals surface area contributed by atoms with Crippen molar-refractivity contribution in [2.75, 3.05) is 11.4 Å². The van der Waals surface area contributed by atoms with Crippen LogP contribution >= 0.6 is 0 Å². The maximum atomic E-state index is 12.1. The van der Waals surface area contributed by atoms with Crippen LogP contribution in [0.5, 0.6) is 0 Å². The Balaban J connectivity index is 1.30. The first-order valence-electron chi connectivity index (χ1n) is 9.12. The van der Waals surface area contributed by atoms with Crippen molar-refractivity contribution in [3.05, 3.63) is 66.1 Å². The molecule has 7 heteroatoms. The number of ether oxygens (including phenoxy) is 1. The summed E-state index contributed by atoms with van der Waals surface area (Å²) in [5, 5.41) is 7.86. The number of benzene rings is 2. The van der Waals surface area contributed by atoms with Crippen LogP contribution in [0.2, 0.25) is 0 Å². The molecule has 0 aliphatic carbocycles. The molecular weight excluding hydrogens is 358 g/mol. The summed E-state index contributed by atoms with van der Waals surface area (Å²) >= 11 is 0. The van der Waals surface area contributed by atoms with Crippen molar-refractivity contribution >= 4 is 17.6 Å². The number of anilines is 1. The Hall–Kier alpha value is -3.48. The number of aromatic nitrogens is 2. The second kappa shape index (κ2) is 8.04. The fourth-order valence-electron chi connectivity index (χ4n) is 3.08. The number of rotatable bonds is 6. The lowest BCUT2D eigenvalue weighted by molar-refractivity contribution is -0.144. The van der Waals surface area contributed by atoms with E-state index < -0.39 is 0 Å². The molecule has 1 aliphatic rings. The largest absolute Gasteiger partial charge is 0.455 e. The second-order valence-electron chi connectivity index (χ2n) is 6.52. The van der Waals surface area contributed by atoms with Gasteiger partial charge in [0.25, 0.3) is 5.89 Å². The van der Waals surface area contributed by atoms with Crippen LogP contribution < -0.4 is 4.90 Å². The summed E-state index contributed by atoms with van der Waals surface area (Å²) in [5.41, 5.74) is 2.49. The minimum atomic E-state index is -0.385. The van der Waals surface area contributed by atoms with Gasteiger partial charge in [0, 0.05) is 24.2 Å². The molecule has 142 valence electrons. The van der Waals surface area contributed by atoms with Crippen LogP contribution in [-0.2, 0) is 27.4 Å². The summed E-state index contributed by atoms with van der Waals surface area (Å²) in [7, 11) is 0. The first-order chi connectivity index (χ1) is 13.7. The molecule has 2 aromatic carbocycles. The molecule has 3 aromatic rings. The van der Waals surface area contributed by atoms with Crippen LogP contribution in [0.1, 0.15) is 24.3 Å². The Morgan fingerprint density at radius 1 is 1.07 bits per heavy atom. The fraction of sp³-hybridized carbons (Fsp3) is 0.238. The van der Waals surface area contributed by atoms with Crippen molar-refractivity contribution in [1.29, 1.82) is 0 Å². The lowest BCUT2D eigenvalue weighted by Crippen LogP contribution is -2.23. The predicted octanol–water partition coefficient (Wildman–Crippen LogP) is 3.15. The monoisotopic (exact) mass is 377 g/mol. The third-order valence-electron chi connectivity index (χ3n) is 4.51. The van der Waals surface area contributed by atoms with Gasteiger partial charge in [-0.2, -0.15) is 0 Å². The quantitative estimate of drug-likeness (QED) is 0.614. The molecule has 0 unspecified atom stereocenters. The average molecular weight is 377 g/mol. The Morgan fingerprint density at radius 2 is 1.86 bits per heavy atom. The molecule has 0 atom stereocenters. The van der Waals surface area contributed by atoms with Crippen LogP contribution in [-0.4, -0.2) is 28.6 Å². The van der Waals surface area contributed by atoms with E-state index in [1.807, 2.05) is 54.6 Å². The predicted molar refractivity (Wildman–Crippen MR) is 101 cm³/mol. The van der Waals surface area contributed by atoms with Crippen LogP contribution in [0.3, 0.4) is 0 Å². The molecule has 1 aliphatic heterocycles. The zero-order chi connectivity index (χ0) is 19.3. The number of hydrogen-bond acceptors (Lipinski definition) is 6. The molecule has 0 bridgehead atoms. The third kappa shape index (κ3) is 4.09. The fourth-order valence-corrected chi connectivity index (χ4v) is 3.08. The maximum Gasteiger partial charge on any atom is 0.310 e. The highest BCUT2D eigenvalue weighted by Gasteiger charge is 2.21. The van der Waals surface area contributed by atoms with Gasteiger partial charge in [-0.05, 0) is 36.2 Å². The normalized spacial score (nSPS) is 13.7. The van der Waals surface area contributed by atoms with Crippen LogP contribution in [0.15, 0.2) is 59.0 Å². The van der Waals surface area contributed by atoms with Gasteiger partial charge in [-0.15, -0.1) is 10.2 Å². The number of carbonyl (C=O) groups is 2. The molecule has 0 N–H and O–H groups in total. The van der Waals surface area contributed by atoms with Gasteiger partial charge in [0.15, 0.2) is 6.61 Å². The van der Waals surface area contributed by atoms with Gasteiger partial charge in [0.05, 0.1) is 6.42 Å².